The molecular weight excluding hydrogens is 262 g/mol. The predicted molar refractivity (Wildman–Crippen MR) is 81.2 cm³/mol. The van der Waals surface area contributed by atoms with Crippen molar-refractivity contribution in [2.75, 3.05) is 31.5 Å². The topological polar surface area (TPSA) is 75.7 Å². The third-order valence-corrected chi connectivity index (χ3v) is 3.87. The number of hydrogen-bond acceptors (Lipinski definition) is 5. The maximum absolute atomic E-state index is 9.12. The number of hydrogen-bond donors (Lipinski definition) is 1. The van der Waals surface area contributed by atoms with Gasteiger partial charge in [-0.2, -0.15) is 10.5 Å². The van der Waals surface area contributed by atoms with E-state index in [9.17, 15) is 0 Å². The Bertz CT molecular complexity index is 502. The molecule has 5 heteroatoms. The Morgan fingerprint density at radius 3 is 3.05 bits per heavy atom. The Kier molecular flexibility index (Phi) is 5.99. The minimum atomic E-state index is -0.0212. The summed E-state index contributed by atoms with van der Waals surface area (Å²) in [6, 6.07) is 10.3. The molecule has 2 heterocycles. The molecule has 21 heavy (non-hydrogen) atoms. The van der Waals surface area contributed by atoms with Crippen LogP contribution in [-0.2, 0) is 0 Å². The Morgan fingerprint density at radius 1 is 1.43 bits per heavy atom. The van der Waals surface area contributed by atoms with Gasteiger partial charge in [0.15, 0.2) is 0 Å². The largest absolute Gasteiger partial charge is 0.370 e. The van der Waals surface area contributed by atoms with Crippen LogP contribution in [-0.4, -0.2) is 36.1 Å². The molecule has 0 saturated carbocycles. The van der Waals surface area contributed by atoms with Crippen LogP contribution in [0.3, 0.4) is 0 Å². The molecule has 2 atom stereocenters. The monoisotopic (exact) mass is 283 g/mol. The Hall–Kier alpha value is -2.11. The van der Waals surface area contributed by atoms with Gasteiger partial charge in [0.25, 0.3) is 0 Å². The standard InChI is InChI=1S/C16H21N5/c17-7-3-4-14(10-18)12-21-9-6-15(13-21)11-20-16-5-1-2-8-19-16/h1-2,5,8,14-15H,3-4,6,9,11-13H2,(H,19,20)/t14-,15+/m0/s1. The molecule has 1 aliphatic rings. The van der Waals surface area contributed by atoms with Crippen LogP contribution in [0, 0.1) is 34.5 Å². The van der Waals surface area contributed by atoms with Crippen molar-refractivity contribution in [1.29, 1.82) is 10.5 Å². The minimum Gasteiger partial charge on any atom is -0.370 e. The van der Waals surface area contributed by atoms with E-state index < -0.39 is 0 Å². The van der Waals surface area contributed by atoms with E-state index >= 15 is 0 Å². The van der Waals surface area contributed by atoms with Gasteiger partial charge in [0.2, 0.25) is 0 Å². The van der Waals surface area contributed by atoms with Crippen molar-refractivity contribution in [3.05, 3.63) is 24.4 Å². The molecule has 0 unspecified atom stereocenters. The second-order valence-electron chi connectivity index (χ2n) is 5.53. The average molecular weight is 283 g/mol. The fourth-order valence-corrected chi connectivity index (χ4v) is 2.71. The van der Waals surface area contributed by atoms with Crippen molar-refractivity contribution < 1.29 is 0 Å². The fourth-order valence-electron chi connectivity index (χ4n) is 2.71. The summed E-state index contributed by atoms with van der Waals surface area (Å²) in [5.41, 5.74) is 0. The van der Waals surface area contributed by atoms with Gasteiger partial charge in [-0.1, -0.05) is 6.07 Å². The SMILES string of the molecule is N#CCC[C@@H](C#N)CN1CC[C@H](CNc2ccccn2)C1. The lowest BCUT2D eigenvalue weighted by atomic mass is 10.1. The number of likely N-dealkylation sites (tertiary alicyclic amines) is 1. The molecule has 1 saturated heterocycles. The summed E-state index contributed by atoms with van der Waals surface area (Å²) < 4.78 is 0. The molecule has 0 aliphatic carbocycles. The maximum atomic E-state index is 9.12. The maximum Gasteiger partial charge on any atom is 0.125 e. The van der Waals surface area contributed by atoms with Gasteiger partial charge in [0.1, 0.15) is 5.82 Å². The Labute approximate surface area is 126 Å². The van der Waals surface area contributed by atoms with Crippen LogP contribution in [0.1, 0.15) is 19.3 Å². The number of rotatable bonds is 7. The van der Waals surface area contributed by atoms with E-state index in [-0.39, 0.29) is 5.92 Å². The number of aromatic nitrogens is 1. The van der Waals surface area contributed by atoms with E-state index in [0.29, 0.717) is 18.8 Å². The van der Waals surface area contributed by atoms with Crippen molar-refractivity contribution in [2.45, 2.75) is 19.3 Å². The van der Waals surface area contributed by atoms with E-state index in [2.05, 4.69) is 27.3 Å². The summed E-state index contributed by atoms with van der Waals surface area (Å²) in [4.78, 5) is 6.60. The number of anilines is 1. The highest BCUT2D eigenvalue weighted by atomic mass is 15.2. The number of pyridine rings is 1. The smallest absolute Gasteiger partial charge is 0.125 e. The number of nitriles is 2. The van der Waals surface area contributed by atoms with Gasteiger partial charge in [0, 0.05) is 32.3 Å². The third-order valence-electron chi connectivity index (χ3n) is 3.87. The summed E-state index contributed by atoms with van der Waals surface area (Å²) in [6.07, 6.45) is 4.09. The first-order valence-electron chi connectivity index (χ1n) is 7.45. The van der Waals surface area contributed by atoms with Crippen LogP contribution in [0.5, 0.6) is 0 Å². The second-order valence-corrected chi connectivity index (χ2v) is 5.53. The summed E-state index contributed by atoms with van der Waals surface area (Å²) in [7, 11) is 0. The van der Waals surface area contributed by atoms with Crippen LogP contribution in [0.15, 0.2) is 24.4 Å². The quantitative estimate of drug-likeness (QED) is 0.830. The molecule has 0 spiro atoms. The number of nitrogens with zero attached hydrogens (tertiary/aromatic N) is 4. The van der Waals surface area contributed by atoms with E-state index in [0.717, 1.165) is 38.4 Å². The van der Waals surface area contributed by atoms with Gasteiger partial charge in [-0.3, -0.25) is 0 Å². The summed E-state index contributed by atoms with van der Waals surface area (Å²) in [5.74, 6) is 1.49. The fraction of sp³-hybridized carbons (Fsp3) is 0.562. The first-order valence-corrected chi connectivity index (χ1v) is 7.45. The van der Waals surface area contributed by atoms with Gasteiger partial charge < -0.3 is 10.2 Å². The summed E-state index contributed by atoms with van der Waals surface area (Å²) in [5, 5.41) is 21.1. The zero-order valence-corrected chi connectivity index (χ0v) is 12.2. The van der Waals surface area contributed by atoms with E-state index in [1.54, 1.807) is 6.20 Å². The lowest BCUT2D eigenvalue weighted by Crippen LogP contribution is -2.28. The molecule has 1 N–H and O–H groups in total. The highest BCUT2D eigenvalue weighted by molar-refractivity contribution is 5.33. The molecule has 5 nitrogen and oxygen atoms in total. The Morgan fingerprint density at radius 2 is 2.33 bits per heavy atom. The molecule has 1 aromatic rings. The summed E-state index contributed by atoms with van der Waals surface area (Å²) in [6.45, 7) is 3.77. The molecule has 0 aromatic carbocycles. The molecule has 0 bridgehead atoms. The van der Waals surface area contributed by atoms with Gasteiger partial charge >= 0.3 is 0 Å². The molecule has 1 aliphatic heterocycles. The molecule has 2 rings (SSSR count). The van der Waals surface area contributed by atoms with E-state index in [4.69, 9.17) is 10.5 Å². The Balaban J connectivity index is 1.71. The van der Waals surface area contributed by atoms with E-state index in [1.165, 1.54) is 0 Å². The molecule has 0 amide bonds. The zero-order chi connectivity index (χ0) is 14.9. The van der Waals surface area contributed by atoms with Crippen molar-refractivity contribution in [1.82, 2.24) is 9.88 Å². The normalized spacial score (nSPS) is 19.6. The average Bonchev–Trinajstić information content (AvgIpc) is 2.98. The van der Waals surface area contributed by atoms with Gasteiger partial charge in [-0.25, -0.2) is 4.98 Å². The van der Waals surface area contributed by atoms with Crippen LogP contribution >= 0.6 is 0 Å². The highest BCUT2D eigenvalue weighted by Gasteiger charge is 2.24. The van der Waals surface area contributed by atoms with E-state index in [1.807, 2.05) is 18.2 Å². The molecular formula is C16H21N5. The number of nitrogens with one attached hydrogen (secondary N) is 1. The van der Waals surface area contributed by atoms with Crippen LogP contribution in [0.2, 0.25) is 0 Å². The highest BCUT2D eigenvalue weighted by Crippen LogP contribution is 2.19. The first kappa shape index (κ1) is 15.3. The lowest BCUT2D eigenvalue weighted by Gasteiger charge is -2.19. The summed E-state index contributed by atoms with van der Waals surface area (Å²) >= 11 is 0. The van der Waals surface area contributed by atoms with Crippen molar-refractivity contribution in [3.8, 4) is 12.1 Å². The lowest BCUT2D eigenvalue weighted by molar-refractivity contribution is 0.290. The minimum absolute atomic E-state index is 0.0212. The first-order chi connectivity index (χ1) is 10.3. The van der Waals surface area contributed by atoms with Crippen LogP contribution in [0.4, 0.5) is 5.82 Å². The molecule has 1 fully saturated rings. The van der Waals surface area contributed by atoms with Gasteiger partial charge in [-0.15, -0.1) is 0 Å². The van der Waals surface area contributed by atoms with Crippen molar-refractivity contribution >= 4 is 5.82 Å². The van der Waals surface area contributed by atoms with Crippen LogP contribution in [0.25, 0.3) is 0 Å². The van der Waals surface area contributed by atoms with Crippen LogP contribution < -0.4 is 5.32 Å². The van der Waals surface area contributed by atoms with Crippen molar-refractivity contribution in [2.24, 2.45) is 11.8 Å². The van der Waals surface area contributed by atoms with Gasteiger partial charge in [0.05, 0.1) is 18.1 Å². The second kappa shape index (κ2) is 8.24. The molecule has 110 valence electrons. The molecule has 1 aromatic heterocycles. The predicted octanol–water partition coefficient (Wildman–Crippen LogP) is 2.26. The van der Waals surface area contributed by atoms with Gasteiger partial charge in [-0.05, 0) is 37.4 Å². The molecule has 0 radical (unpaired) electrons. The zero-order valence-electron chi connectivity index (χ0n) is 12.2. The van der Waals surface area contributed by atoms with Crippen molar-refractivity contribution in [3.63, 3.8) is 0 Å². The third kappa shape index (κ3) is 5.06.